The van der Waals surface area contributed by atoms with Crippen LogP contribution >= 0.6 is 0 Å². The summed E-state index contributed by atoms with van der Waals surface area (Å²) in [5.41, 5.74) is 1.18. The Morgan fingerprint density at radius 3 is 2.77 bits per heavy atom. The lowest BCUT2D eigenvalue weighted by molar-refractivity contribution is 0.536. The minimum atomic E-state index is 0.813. The quantitative estimate of drug-likeness (QED) is 0.762. The molecule has 1 saturated carbocycles. The van der Waals surface area contributed by atoms with Crippen LogP contribution in [0.1, 0.15) is 19.8 Å². The van der Waals surface area contributed by atoms with Crippen molar-refractivity contribution in [3.63, 3.8) is 0 Å². The van der Waals surface area contributed by atoms with Gasteiger partial charge in [-0.25, -0.2) is 0 Å². The first-order chi connectivity index (χ1) is 6.36. The molecule has 1 aromatic rings. The summed E-state index contributed by atoms with van der Waals surface area (Å²) in [4.78, 5) is 3.98. The van der Waals surface area contributed by atoms with Crippen molar-refractivity contribution >= 4 is 5.69 Å². The summed E-state index contributed by atoms with van der Waals surface area (Å²) in [6.45, 7) is 3.42. The molecule has 2 rings (SSSR count). The zero-order chi connectivity index (χ0) is 9.10. The van der Waals surface area contributed by atoms with E-state index in [9.17, 15) is 0 Å². The predicted molar refractivity (Wildman–Crippen MR) is 54.6 cm³/mol. The van der Waals surface area contributed by atoms with E-state index in [1.807, 2.05) is 24.5 Å². The van der Waals surface area contributed by atoms with Crippen molar-refractivity contribution in [1.29, 1.82) is 0 Å². The number of rotatable bonds is 4. The molecule has 0 bridgehead atoms. The molecule has 1 atom stereocenters. The van der Waals surface area contributed by atoms with E-state index in [1.165, 1.54) is 18.5 Å². The highest BCUT2D eigenvalue weighted by Gasteiger charge is 2.27. The number of hydrogen-bond acceptors (Lipinski definition) is 2. The highest BCUT2D eigenvalue weighted by molar-refractivity contribution is 5.40. The van der Waals surface area contributed by atoms with Gasteiger partial charge in [0.1, 0.15) is 0 Å². The number of anilines is 1. The number of nitrogens with zero attached hydrogens (tertiary/aromatic N) is 1. The summed E-state index contributed by atoms with van der Waals surface area (Å²) in [6, 6.07) is 4.03. The van der Waals surface area contributed by atoms with Crippen LogP contribution in [0.4, 0.5) is 5.69 Å². The standard InChI is InChI=1S/C11H16N2/c1-9(10-2-3-10)8-13-11-4-6-12-7-5-11/h4-7,9-10H,2-3,8H2,1H3,(H,12,13). The summed E-state index contributed by atoms with van der Waals surface area (Å²) >= 11 is 0. The Bertz CT molecular complexity index is 254. The molecule has 0 saturated heterocycles. The molecule has 1 heterocycles. The molecule has 2 nitrogen and oxygen atoms in total. The first-order valence-electron chi connectivity index (χ1n) is 5.00. The zero-order valence-corrected chi connectivity index (χ0v) is 8.03. The maximum absolute atomic E-state index is 3.98. The van der Waals surface area contributed by atoms with E-state index in [0.29, 0.717) is 0 Å². The fourth-order valence-electron chi connectivity index (χ4n) is 1.58. The second-order valence-electron chi connectivity index (χ2n) is 3.93. The fraction of sp³-hybridized carbons (Fsp3) is 0.545. The molecule has 1 aliphatic rings. The van der Waals surface area contributed by atoms with Crippen molar-refractivity contribution in [3.05, 3.63) is 24.5 Å². The van der Waals surface area contributed by atoms with Gasteiger partial charge in [0, 0.05) is 24.6 Å². The van der Waals surface area contributed by atoms with Gasteiger partial charge in [-0.05, 0) is 36.8 Å². The summed E-state index contributed by atoms with van der Waals surface area (Å²) in [7, 11) is 0. The van der Waals surface area contributed by atoms with E-state index in [-0.39, 0.29) is 0 Å². The summed E-state index contributed by atoms with van der Waals surface area (Å²) in [6.07, 6.45) is 6.51. The van der Waals surface area contributed by atoms with Crippen molar-refractivity contribution in [3.8, 4) is 0 Å². The van der Waals surface area contributed by atoms with Gasteiger partial charge in [-0.3, -0.25) is 4.98 Å². The van der Waals surface area contributed by atoms with Crippen molar-refractivity contribution in [2.24, 2.45) is 11.8 Å². The number of hydrogen-bond donors (Lipinski definition) is 1. The lowest BCUT2D eigenvalue weighted by Crippen LogP contribution is -2.12. The third-order valence-electron chi connectivity index (χ3n) is 2.74. The largest absolute Gasteiger partial charge is 0.385 e. The average molecular weight is 176 g/mol. The van der Waals surface area contributed by atoms with E-state index in [4.69, 9.17) is 0 Å². The Morgan fingerprint density at radius 2 is 2.15 bits per heavy atom. The van der Waals surface area contributed by atoms with E-state index < -0.39 is 0 Å². The van der Waals surface area contributed by atoms with Crippen LogP contribution in [0.3, 0.4) is 0 Å². The van der Waals surface area contributed by atoms with Crippen LogP contribution in [0.25, 0.3) is 0 Å². The lowest BCUT2D eigenvalue weighted by atomic mass is 10.1. The van der Waals surface area contributed by atoms with E-state index in [0.717, 1.165) is 18.4 Å². The topological polar surface area (TPSA) is 24.9 Å². The van der Waals surface area contributed by atoms with Crippen molar-refractivity contribution in [1.82, 2.24) is 4.98 Å². The third-order valence-corrected chi connectivity index (χ3v) is 2.74. The molecular weight excluding hydrogens is 160 g/mol. The molecule has 70 valence electrons. The Balaban J connectivity index is 1.78. The minimum absolute atomic E-state index is 0.813. The van der Waals surface area contributed by atoms with Crippen molar-refractivity contribution < 1.29 is 0 Å². The highest BCUT2D eigenvalue weighted by atomic mass is 14.9. The van der Waals surface area contributed by atoms with Gasteiger partial charge in [-0.15, -0.1) is 0 Å². The maximum Gasteiger partial charge on any atom is 0.0371 e. The van der Waals surface area contributed by atoms with Crippen LogP contribution < -0.4 is 5.32 Å². The predicted octanol–water partition coefficient (Wildman–Crippen LogP) is 2.54. The molecule has 0 spiro atoms. The van der Waals surface area contributed by atoms with Gasteiger partial charge in [-0.1, -0.05) is 6.92 Å². The van der Waals surface area contributed by atoms with Crippen LogP contribution in [0, 0.1) is 11.8 Å². The van der Waals surface area contributed by atoms with E-state index >= 15 is 0 Å². The SMILES string of the molecule is CC(CNc1ccncc1)C1CC1. The van der Waals surface area contributed by atoms with Crippen molar-refractivity contribution in [2.75, 3.05) is 11.9 Å². The average Bonchev–Trinajstić information content (AvgIpc) is 2.99. The molecule has 1 aliphatic carbocycles. The molecular formula is C11H16N2. The molecule has 0 aromatic carbocycles. The molecule has 0 radical (unpaired) electrons. The van der Waals surface area contributed by atoms with Gasteiger partial charge in [-0.2, -0.15) is 0 Å². The number of nitrogens with one attached hydrogen (secondary N) is 1. The van der Waals surface area contributed by atoms with Crippen LogP contribution in [0.2, 0.25) is 0 Å². The molecule has 2 heteroatoms. The van der Waals surface area contributed by atoms with E-state index in [2.05, 4.69) is 17.2 Å². The summed E-state index contributed by atoms with van der Waals surface area (Å²) < 4.78 is 0. The Morgan fingerprint density at radius 1 is 1.46 bits per heavy atom. The Labute approximate surface area is 79.4 Å². The van der Waals surface area contributed by atoms with Crippen LogP contribution in [0.5, 0.6) is 0 Å². The summed E-state index contributed by atoms with van der Waals surface area (Å²) in [5, 5.41) is 3.43. The van der Waals surface area contributed by atoms with Crippen LogP contribution in [0.15, 0.2) is 24.5 Å². The van der Waals surface area contributed by atoms with Gasteiger partial charge in [0.05, 0.1) is 0 Å². The number of pyridine rings is 1. The monoisotopic (exact) mass is 176 g/mol. The highest BCUT2D eigenvalue weighted by Crippen LogP contribution is 2.36. The van der Waals surface area contributed by atoms with Crippen LogP contribution in [-0.2, 0) is 0 Å². The second kappa shape index (κ2) is 3.77. The smallest absolute Gasteiger partial charge is 0.0371 e. The Kier molecular flexibility index (Phi) is 2.48. The molecule has 0 aliphatic heterocycles. The molecule has 0 amide bonds. The summed E-state index contributed by atoms with van der Waals surface area (Å²) in [5.74, 6) is 1.79. The van der Waals surface area contributed by atoms with Gasteiger partial charge < -0.3 is 5.32 Å². The molecule has 1 aromatic heterocycles. The van der Waals surface area contributed by atoms with E-state index in [1.54, 1.807) is 0 Å². The van der Waals surface area contributed by atoms with Gasteiger partial charge >= 0.3 is 0 Å². The molecule has 1 N–H and O–H groups in total. The molecule has 13 heavy (non-hydrogen) atoms. The molecule has 1 unspecified atom stereocenters. The maximum atomic E-state index is 3.98. The first kappa shape index (κ1) is 8.54. The minimum Gasteiger partial charge on any atom is -0.385 e. The number of aromatic nitrogens is 1. The van der Waals surface area contributed by atoms with Gasteiger partial charge in [0.25, 0.3) is 0 Å². The Hall–Kier alpha value is -1.05. The molecule has 1 fully saturated rings. The normalized spacial score (nSPS) is 18.2. The second-order valence-corrected chi connectivity index (χ2v) is 3.93. The van der Waals surface area contributed by atoms with Crippen LogP contribution in [-0.4, -0.2) is 11.5 Å². The van der Waals surface area contributed by atoms with Gasteiger partial charge in [0.15, 0.2) is 0 Å². The van der Waals surface area contributed by atoms with Gasteiger partial charge in [0.2, 0.25) is 0 Å². The third kappa shape index (κ3) is 2.44. The first-order valence-corrected chi connectivity index (χ1v) is 5.00. The zero-order valence-electron chi connectivity index (χ0n) is 8.03. The lowest BCUT2D eigenvalue weighted by Gasteiger charge is -2.11. The fourth-order valence-corrected chi connectivity index (χ4v) is 1.58. The van der Waals surface area contributed by atoms with Crippen molar-refractivity contribution in [2.45, 2.75) is 19.8 Å².